The van der Waals surface area contributed by atoms with Gasteiger partial charge in [-0.2, -0.15) is 4.37 Å². The molecule has 1 aliphatic rings. The minimum absolute atomic E-state index is 0.647. The minimum atomic E-state index is 0.647. The summed E-state index contributed by atoms with van der Waals surface area (Å²) in [7, 11) is 2.13. The summed E-state index contributed by atoms with van der Waals surface area (Å²) in [6.07, 6.45) is 2.52. The van der Waals surface area contributed by atoms with Crippen LogP contribution in [0.5, 0.6) is 0 Å². The Balaban J connectivity index is 1.82. The Morgan fingerprint density at radius 1 is 1.42 bits per heavy atom. The quantitative estimate of drug-likeness (QED) is 0.926. The van der Waals surface area contributed by atoms with Gasteiger partial charge in [-0.25, -0.2) is 0 Å². The smallest absolute Gasteiger partial charge is 0.142 e. The molecule has 2 aromatic rings. The predicted molar refractivity (Wildman–Crippen MR) is 81.8 cm³/mol. The number of hydrogen-bond acceptors (Lipinski definition) is 4. The zero-order valence-electron chi connectivity index (χ0n) is 11.4. The standard InChI is InChI=1S/C15H19N3S/c1-10-4-3-5-11(8-10)9-18(2)15-13(12-6-7-12)14(16)17-19-15/h3-5,8,12H,6-7,9H2,1-2H3,(H2,16,17). The minimum Gasteiger partial charge on any atom is -0.383 e. The van der Waals surface area contributed by atoms with Crippen LogP contribution in [0.25, 0.3) is 0 Å². The highest BCUT2D eigenvalue weighted by Crippen LogP contribution is 2.48. The van der Waals surface area contributed by atoms with E-state index in [1.807, 2.05) is 0 Å². The molecule has 0 aliphatic heterocycles. The summed E-state index contributed by atoms with van der Waals surface area (Å²) in [5, 5.41) is 1.24. The summed E-state index contributed by atoms with van der Waals surface area (Å²) < 4.78 is 4.34. The third-order valence-electron chi connectivity index (χ3n) is 3.57. The number of benzene rings is 1. The van der Waals surface area contributed by atoms with Crippen LogP contribution in [0.2, 0.25) is 0 Å². The first kappa shape index (κ1) is 12.5. The zero-order chi connectivity index (χ0) is 13.4. The maximum atomic E-state index is 6.01. The molecule has 0 unspecified atom stereocenters. The van der Waals surface area contributed by atoms with Crippen molar-refractivity contribution in [3.8, 4) is 0 Å². The van der Waals surface area contributed by atoms with Gasteiger partial charge in [0.25, 0.3) is 0 Å². The highest BCUT2D eigenvalue weighted by Gasteiger charge is 2.31. The van der Waals surface area contributed by atoms with E-state index in [2.05, 4.69) is 47.5 Å². The third-order valence-corrected chi connectivity index (χ3v) is 4.56. The fourth-order valence-corrected chi connectivity index (χ4v) is 3.34. The van der Waals surface area contributed by atoms with Gasteiger partial charge in [0.2, 0.25) is 0 Å². The summed E-state index contributed by atoms with van der Waals surface area (Å²) >= 11 is 1.53. The normalized spacial score (nSPS) is 14.6. The lowest BCUT2D eigenvalue weighted by Crippen LogP contribution is -2.16. The average Bonchev–Trinajstić information content (AvgIpc) is 3.12. The molecule has 1 heterocycles. The Kier molecular flexibility index (Phi) is 3.19. The molecule has 3 rings (SSSR count). The molecule has 1 aromatic carbocycles. The van der Waals surface area contributed by atoms with E-state index in [9.17, 15) is 0 Å². The second kappa shape index (κ2) is 4.85. The Morgan fingerprint density at radius 2 is 2.21 bits per heavy atom. The molecule has 100 valence electrons. The molecule has 1 aliphatic carbocycles. The van der Waals surface area contributed by atoms with Gasteiger partial charge in [0.05, 0.1) is 0 Å². The van der Waals surface area contributed by atoms with Gasteiger partial charge >= 0.3 is 0 Å². The van der Waals surface area contributed by atoms with Gasteiger partial charge in [0.1, 0.15) is 10.8 Å². The van der Waals surface area contributed by atoms with Crippen molar-refractivity contribution in [1.82, 2.24) is 4.37 Å². The van der Waals surface area contributed by atoms with Crippen LogP contribution in [-0.2, 0) is 6.54 Å². The monoisotopic (exact) mass is 273 g/mol. The summed E-state index contributed by atoms with van der Waals surface area (Å²) in [4.78, 5) is 2.27. The van der Waals surface area contributed by atoms with Crippen molar-refractivity contribution in [2.75, 3.05) is 17.7 Å². The van der Waals surface area contributed by atoms with E-state index >= 15 is 0 Å². The van der Waals surface area contributed by atoms with Crippen LogP contribution in [-0.4, -0.2) is 11.4 Å². The molecule has 1 fully saturated rings. The van der Waals surface area contributed by atoms with Gasteiger partial charge < -0.3 is 10.6 Å². The SMILES string of the molecule is Cc1cccc(CN(C)c2snc(N)c2C2CC2)c1. The highest BCUT2D eigenvalue weighted by molar-refractivity contribution is 7.10. The van der Waals surface area contributed by atoms with Crippen LogP contribution < -0.4 is 10.6 Å². The van der Waals surface area contributed by atoms with E-state index in [1.54, 1.807) is 0 Å². The van der Waals surface area contributed by atoms with Crippen molar-refractivity contribution in [2.24, 2.45) is 0 Å². The van der Waals surface area contributed by atoms with Crippen LogP contribution >= 0.6 is 11.5 Å². The van der Waals surface area contributed by atoms with Crippen molar-refractivity contribution < 1.29 is 0 Å². The van der Waals surface area contributed by atoms with Gasteiger partial charge in [-0.05, 0) is 42.8 Å². The molecule has 0 saturated heterocycles. The fraction of sp³-hybridized carbons (Fsp3) is 0.400. The van der Waals surface area contributed by atoms with Gasteiger partial charge in [0, 0.05) is 19.2 Å². The number of nitrogens with zero attached hydrogens (tertiary/aromatic N) is 2. The molecule has 19 heavy (non-hydrogen) atoms. The van der Waals surface area contributed by atoms with Crippen LogP contribution in [0.15, 0.2) is 24.3 Å². The number of hydrogen-bond donors (Lipinski definition) is 1. The molecule has 0 atom stereocenters. The Hall–Kier alpha value is -1.55. The van der Waals surface area contributed by atoms with Crippen molar-refractivity contribution in [2.45, 2.75) is 32.2 Å². The van der Waals surface area contributed by atoms with E-state index < -0.39 is 0 Å². The molecule has 1 aromatic heterocycles. The molecule has 0 amide bonds. The highest BCUT2D eigenvalue weighted by atomic mass is 32.1. The van der Waals surface area contributed by atoms with Crippen LogP contribution in [0.1, 0.15) is 35.4 Å². The number of anilines is 2. The van der Waals surface area contributed by atoms with Crippen molar-refractivity contribution in [3.05, 3.63) is 41.0 Å². The Morgan fingerprint density at radius 3 is 2.89 bits per heavy atom. The summed E-state index contributed by atoms with van der Waals surface area (Å²) in [5.74, 6) is 1.38. The summed E-state index contributed by atoms with van der Waals surface area (Å²) in [6.45, 7) is 3.03. The van der Waals surface area contributed by atoms with Crippen molar-refractivity contribution in [3.63, 3.8) is 0 Å². The van der Waals surface area contributed by atoms with E-state index in [0.717, 1.165) is 12.4 Å². The second-order valence-corrected chi connectivity index (χ2v) is 6.16. The molecular weight excluding hydrogens is 254 g/mol. The number of aryl methyl sites for hydroxylation is 1. The lowest BCUT2D eigenvalue weighted by Gasteiger charge is -2.19. The maximum absolute atomic E-state index is 6.01. The predicted octanol–water partition coefficient (Wildman–Crippen LogP) is 3.55. The maximum Gasteiger partial charge on any atom is 0.142 e. The first-order valence-corrected chi connectivity index (χ1v) is 7.44. The lowest BCUT2D eigenvalue weighted by molar-refractivity contribution is 0.920. The molecule has 4 heteroatoms. The van der Waals surface area contributed by atoms with Crippen LogP contribution in [0, 0.1) is 6.92 Å². The molecule has 0 spiro atoms. The summed E-state index contributed by atoms with van der Waals surface area (Å²) in [5.41, 5.74) is 9.92. The lowest BCUT2D eigenvalue weighted by atomic mass is 10.1. The van der Waals surface area contributed by atoms with Crippen molar-refractivity contribution >= 4 is 22.4 Å². The van der Waals surface area contributed by atoms with E-state index in [4.69, 9.17) is 5.73 Å². The molecule has 0 bridgehead atoms. The largest absolute Gasteiger partial charge is 0.383 e. The molecule has 0 radical (unpaired) electrons. The van der Waals surface area contributed by atoms with Crippen LogP contribution in [0.3, 0.4) is 0 Å². The summed E-state index contributed by atoms with van der Waals surface area (Å²) in [6, 6.07) is 8.65. The molecular formula is C15H19N3S. The zero-order valence-corrected chi connectivity index (χ0v) is 12.2. The molecule has 1 saturated carbocycles. The van der Waals surface area contributed by atoms with Crippen LogP contribution in [0.4, 0.5) is 10.8 Å². The van der Waals surface area contributed by atoms with E-state index in [0.29, 0.717) is 5.92 Å². The second-order valence-electron chi connectivity index (χ2n) is 5.41. The van der Waals surface area contributed by atoms with E-state index in [-0.39, 0.29) is 0 Å². The first-order chi connectivity index (χ1) is 9.15. The average molecular weight is 273 g/mol. The number of nitrogen functional groups attached to an aromatic ring is 1. The Labute approximate surface area is 118 Å². The number of rotatable bonds is 4. The van der Waals surface area contributed by atoms with Gasteiger partial charge in [0.15, 0.2) is 0 Å². The molecule has 2 N–H and O–H groups in total. The first-order valence-electron chi connectivity index (χ1n) is 6.67. The Bertz CT molecular complexity index is 587. The topological polar surface area (TPSA) is 42.2 Å². The number of nitrogens with two attached hydrogens (primary N) is 1. The molecule has 3 nitrogen and oxygen atoms in total. The van der Waals surface area contributed by atoms with Gasteiger partial charge in [-0.15, -0.1) is 0 Å². The number of aromatic nitrogens is 1. The van der Waals surface area contributed by atoms with Crippen molar-refractivity contribution in [1.29, 1.82) is 0 Å². The van der Waals surface area contributed by atoms with Gasteiger partial charge in [-0.3, -0.25) is 0 Å². The third kappa shape index (κ3) is 2.59. The van der Waals surface area contributed by atoms with E-state index in [1.165, 1.54) is 46.1 Å². The van der Waals surface area contributed by atoms with Gasteiger partial charge in [-0.1, -0.05) is 29.8 Å². The fourth-order valence-electron chi connectivity index (χ4n) is 2.49.